The van der Waals surface area contributed by atoms with Crippen molar-refractivity contribution in [2.75, 3.05) is 45.8 Å². The zero-order valence-corrected chi connectivity index (χ0v) is 13.8. The summed E-state index contributed by atoms with van der Waals surface area (Å²) < 4.78 is 0. The highest BCUT2D eigenvalue weighted by Crippen LogP contribution is 2.14. The van der Waals surface area contributed by atoms with Gasteiger partial charge >= 0.3 is 0 Å². The summed E-state index contributed by atoms with van der Waals surface area (Å²) in [6.07, 6.45) is 1.23. The van der Waals surface area contributed by atoms with Crippen LogP contribution in [0.2, 0.25) is 0 Å². The van der Waals surface area contributed by atoms with Crippen LogP contribution in [0.4, 0.5) is 0 Å². The summed E-state index contributed by atoms with van der Waals surface area (Å²) in [5.41, 5.74) is 0. The number of piperazine rings is 1. The lowest BCUT2D eigenvalue weighted by atomic mass is 10.0. The van der Waals surface area contributed by atoms with Crippen molar-refractivity contribution in [3.8, 4) is 0 Å². The lowest BCUT2D eigenvalue weighted by molar-refractivity contribution is 0.0704. The van der Waals surface area contributed by atoms with Gasteiger partial charge in [-0.1, -0.05) is 34.6 Å². The molecule has 1 N–H and O–H groups in total. The predicted molar refractivity (Wildman–Crippen MR) is 84.6 cm³/mol. The predicted octanol–water partition coefficient (Wildman–Crippen LogP) is 2.28. The van der Waals surface area contributed by atoms with Gasteiger partial charge in [-0.2, -0.15) is 0 Å². The molecule has 1 atom stereocenters. The second-order valence-electron chi connectivity index (χ2n) is 6.75. The van der Waals surface area contributed by atoms with Crippen molar-refractivity contribution in [3.05, 3.63) is 0 Å². The molecular weight excluding hydrogens is 234 g/mol. The third kappa shape index (κ3) is 6.24. The molecule has 0 amide bonds. The molecule has 0 radical (unpaired) electrons. The standard InChI is InChI=1S/C16H35N3/c1-6-7-17-12-16(15(4)5)19-10-8-18(9-11-19)13-14(2)3/h14-17H,6-13H2,1-5H3. The molecule has 1 heterocycles. The normalized spacial score (nSPS) is 20.4. The number of nitrogens with one attached hydrogen (secondary N) is 1. The van der Waals surface area contributed by atoms with Crippen LogP contribution in [0.5, 0.6) is 0 Å². The maximum Gasteiger partial charge on any atom is 0.0244 e. The molecule has 1 rings (SSSR count). The Balaban J connectivity index is 2.36. The highest BCUT2D eigenvalue weighted by Gasteiger charge is 2.25. The summed E-state index contributed by atoms with van der Waals surface area (Å²) in [4.78, 5) is 5.32. The van der Waals surface area contributed by atoms with Gasteiger partial charge in [-0.25, -0.2) is 0 Å². The second kappa shape index (κ2) is 8.93. The highest BCUT2D eigenvalue weighted by atomic mass is 15.3. The van der Waals surface area contributed by atoms with Crippen molar-refractivity contribution < 1.29 is 0 Å². The van der Waals surface area contributed by atoms with E-state index in [2.05, 4.69) is 49.7 Å². The van der Waals surface area contributed by atoms with Crippen LogP contribution in [0.1, 0.15) is 41.0 Å². The lowest BCUT2D eigenvalue weighted by Gasteiger charge is -2.41. The minimum absolute atomic E-state index is 0.702. The lowest BCUT2D eigenvalue weighted by Crippen LogP contribution is -2.55. The summed E-state index contributed by atoms with van der Waals surface area (Å²) in [6.45, 7) is 20.1. The first-order chi connectivity index (χ1) is 9.04. The van der Waals surface area contributed by atoms with Crippen molar-refractivity contribution in [1.29, 1.82) is 0 Å². The number of nitrogens with zero attached hydrogens (tertiary/aromatic N) is 2. The molecule has 0 aromatic heterocycles. The van der Waals surface area contributed by atoms with E-state index >= 15 is 0 Å². The van der Waals surface area contributed by atoms with Gasteiger partial charge in [0.05, 0.1) is 0 Å². The molecule has 0 aromatic carbocycles. The van der Waals surface area contributed by atoms with Gasteiger partial charge in [0.1, 0.15) is 0 Å². The number of rotatable bonds is 8. The minimum Gasteiger partial charge on any atom is -0.315 e. The van der Waals surface area contributed by atoms with Gasteiger partial charge in [0.25, 0.3) is 0 Å². The van der Waals surface area contributed by atoms with Gasteiger partial charge in [0.2, 0.25) is 0 Å². The van der Waals surface area contributed by atoms with E-state index in [1.54, 1.807) is 0 Å². The molecule has 0 bridgehead atoms. The molecule has 1 aliphatic rings. The van der Waals surface area contributed by atoms with Crippen molar-refractivity contribution >= 4 is 0 Å². The number of hydrogen-bond donors (Lipinski definition) is 1. The van der Waals surface area contributed by atoms with Crippen molar-refractivity contribution in [1.82, 2.24) is 15.1 Å². The van der Waals surface area contributed by atoms with Gasteiger partial charge in [-0.3, -0.25) is 4.90 Å². The maximum absolute atomic E-state index is 3.60. The van der Waals surface area contributed by atoms with Gasteiger partial charge in [-0.05, 0) is 24.8 Å². The summed E-state index contributed by atoms with van der Waals surface area (Å²) in [7, 11) is 0. The molecule has 0 spiro atoms. The summed E-state index contributed by atoms with van der Waals surface area (Å²) >= 11 is 0. The van der Waals surface area contributed by atoms with Crippen LogP contribution in [0.25, 0.3) is 0 Å². The SMILES string of the molecule is CCCNCC(C(C)C)N1CCN(CC(C)C)CC1. The summed E-state index contributed by atoms with van der Waals surface area (Å²) in [5.74, 6) is 1.53. The van der Waals surface area contributed by atoms with Crippen LogP contribution in [-0.2, 0) is 0 Å². The van der Waals surface area contributed by atoms with Gasteiger partial charge in [-0.15, -0.1) is 0 Å². The largest absolute Gasteiger partial charge is 0.315 e. The van der Waals surface area contributed by atoms with E-state index in [9.17, 15) is 0 Å². The van der Waals surface area contributed by atoms with E-state index in [1.165, 1.54) is 39.1 Å². The molecule has 3 heteroatoms. The topological polar surface area (TPSA) is 18.5 Å². The Morgan fingerprint density at radius 2 is 1.63 bits per heavy atom. The Labute approximate surface area is 120 Å². The van der Waals surface area contributed by atoms with Gasteiger partial charge in [0.15, 0.2) is 0 Å². The molecule has 114 valence electrons. The summed E-state index contributed by atoms with van der Waals surface area (Å²) in [6, 6.07) is 0.702. The summed E-state index contributed by atoms with van der Waals surface area (Å²) in [5, 5.41) is 3.60. The first-order valence-corrected chi connectivity index (χ1v) is 8.21. The number of hydrogen-bond acceptors (Lipinski definition) is 3. The molecule has 1 fully saturated rings. The Kier molecular flexibility index (Phi) is 7.96. The zero-order valence-electron chi connectivity index (χ0n) is 13.8. The van der Waals surface area contributed by atoms with Crippen LogP contribution in [0.15, 0.2) is 0 Å². The van der Waals surface area contributed by atoms with E-state index in [0.29, 0.717) is 6.04 Å². The van der Waals surface area contributed by atoms with Crippen LogP contribution >= 0.6 is 0 Å². The van der Waals surface area contributed by atoms with Crippen molar-refractivity contribution in [2.24, 2.45) is 11.8 Å². The highest BCUT2D eigenvalue weighted by molar-refractivity contribution is 4.82. The minimum atomic E-state index is 0.702. The fourth-order valence-corrected chi connectivity index (χ4v) is 3.01. The molecule has 0 aromatic rings. The van der Waals surface area contributed by atoms with E-state index in [-0.39, 0.29) is 0 Å². The van der Waals surface area contributed by atoms with Crippen molar-refractivity contribution in [2.45, 2.75) is 47.1 Å². The van der Waals surface area contributed by atoms with Gasteiger partial charge < -0.3 is 10.2 Å². The molecule has 0 aliphatic carbocycles. The Morgan fingerprint density at radius 1 is 1.00 bits per heavy atom. The monoisotopic (exact) mass is 269 g/mol. The molecule has 1 aliphatic heterocycles. The van der Waals surface area contributed by atoms with Crippen LogP contribution in [0, 0.1) is 11.8 Å². The molecule has 19 heavy (non-hydrogen) atoms. The Bertz CT molecular complexity index is 220. The van der Waals surface area contributed by atoms with Crippen LogP contribution < -0.4 is 5.32 Å². The maximum atomic E-state index is 3.60. The van der Waals surface area contributed by atoms with Crippen LogP contribution in [-0.4, -0.2) is 61.7 Å². The average molecular weight is 269 g/mol. The zero-order chi connectivity index (χ0) is 14.3. The first kappa shape index (κ1) is 16.9. The molecule has 0 saturated carbocycles. The molecular formula is C16H35N3. The molecule has 1 unspecified atom stereocenters. The Morgan fingerprint density at radius 3 is 2.11 bits per heavy atom. The fraction of sp³-hybridized carbons (Fsp3) is 1.00. The fourth-order valence-electron chi connectivity index (χ4n) is 3.01. The van der Waals surface area contributed by atoms with Crippen molar-refractivity contribution in [3.63, 3.8) is 0 Å². The average Bonchev–Trinajstić information content (AvgIpc) is 2.35. The van der Waals surface area contributed by atoms with E-state index in [4.69, 9.17) is 0 Å². The van der Waals surface area contributed by atoms with E-state index in [0.717, 1.165) is 24.9 Å². The third-order valence-electron chi connectivity index (χ3n) is 4.05. The van der Waals surface area contributed by atoms with Gasteiger partial charge in [0, 0.05) is 45.3 Å². The molecule has 1 saturated heterocycles. The second-order valence-corrected chi connectivity index (χ2v) is 6.75. The van der Waals surface area contributed by atoms with E-state index < -0.39 is 0 Å². The third-order valence-corrected chi connectivity index (χ3v) is 4.05. The molecule has 3 nitrogen and oxygen atoms in total. The van der Waals surface area contributed by atoms with Crippen LogP contribution in [0.3, 0.4) is 0 Å². The quantitative estimate of drug-likeness (QED) is 0.682. The Hall–Kier alpha value is -0.120. The first-order valence-electron chi connectivity index (χ1n) is 8.21. The van der Waals surface area contributed by atoms with E-state index in [1.807, 2.05) is 0 Å². The smallest absolute Gasteiger partial charge is 0.0244 e.